The first-order valence-electron chi connectivity index (χ1n) is 5.93. The van der Waals surface area contributed by atoms with Crippen LogP contribution >= 0.6 is 0 Å². The Hall–Kier alpha value is -1.90. The van der Waals surface area contributed by atoms with Crippen LogP contribution in [0.25, 0.3) is 16.5 Å². The zero-order valence-corrected chi connectivity index (χ0v) is 9.73. The van der Waals surface area contributed by atoms with E-state index in [0.29, 0.717) is 11.3 Å². The van der Waals surface area contributed by atoms with Gasteiger partial charge in [-0.2, -0.15) is 0 Å². The molecule has 0 aliphatic heterocycles. The minimum absolute atomic E-state index is 0.0500. The van der Waals surface area contributed by atoms with Crippen molar-refractivity contribution in [3.8, 4) is 0 Å². The van der Waals surface area contributed by atoms with Gasteiger partial charge in [0.05, 0.1) is 10.9 Å². The van der Waals surface area contributed by atoms with Crippen LogP contribution in [0.2, 0.25) is 0 Å². The number of aromatic nitrogens is 2. The zero-order valence-electron chi connectivity index (χ0n) is 9.73. The highest BCUT2D eigenvalue weighted by molar-refractivity contribution is 5.81. The van der Waals surface area contributed by atoms with E-state index in [1.54, 1.807) is 18.3 Å². The summed E-state index contributed by atoms with van der Waals surface area (Å²) in [4.78, 5) is 19.1. The van der Waals surface area contributed by atoms with Crippen LogP contribution in [-0.4, -0.2) is 9.97 Å². The van der Waals surface area contributed by atoms with Crippen molar-refractivity contribution in [2.45, 2.75) is 19.8 Å². The number of rotatable bonds is 1. The highest BCUT2D eigenvalue weighted by atomic mass is 16.1. The van der Waals surface area contributed by atoms with Crippen molar-refractivity contribution < 1.29 is 0 Å². The molecule has 0 saturated heterocycles. The molecule has 86 valence electrons. The summed E-state index contributed by atoms with van der Waals surface area (Å²) >= 11 is 0. The summed E-state index contributed by atoms with van der Waals surface area (Å²) in [5.74, 6) is 0.605. The number of fused-ring (bicyclic) bond motifs is 1. The Morgan fingerprint density at radius 1 is 1.47 bits per heavy atom. The van der Waals surface area contributed by atoms with E-state index < -0.39 is 0 Å². The summed E-state index contributed by atoms with van der Waals surface area (Å²) in [5.41, 5.74) is 2.88. The summed E-state index contributed by atoms with van der Waals surface area (Å²) in [5, 5.41) is 0.655. The van der Waals surface area contributed by atoms with E-state index in [2.05, 4.69) is 23.0 Å². The molecule has 1 atom stereocenters. The first-order valence-corrected chi connectivity index (χ1v) is 5.93. The molecule has 0 radical (unpaired) electrons. The van der Waals surface area contributed by atoms with Crippen molar-refractivity contribution in [3.05, 3.63) is 46.5 Å². The quantitative estimate of drug-likeness (QED) is 0.812. The van der Waals surface area contributed by atoms with Crippen molar-refractivity contribution in [3.63, 3.8) is 0 Å². The average molecular weight is 226 g/mol. The van der Waals surface area contributed by atoms with Crippen molar-refractivity contribution in [1.29, 1.82) is 0 Å². The van der Waals surface area contributed by atoms with E-state index in [1.807, 2.05) is 6.07 Å². The molecule has 3 heteroatoms. The molecular weight excluding hydrogens is 212 g/mol. The normalized spacial score (nSPS) is 19.6. The molecule has 2 aromatic heterocycles. The van der Waals surface area contributed by atoms with Crippen LogP contribution in [0.3, 0.4) is 0 Å². The van der Waals surface area contributed by atoms with Crippen molar-refractivity contribution in [1.82, 2.24) is 9.97 Å². The molecule has 0 fully saturated rings. The van der Waals surface area contributed by atoms with Crippen LogP contribution in [0.15, 0.2) is 35.3 Å². The highest BCUT2D eigenvalue weighted by Gasteiger charge is 2.14. The second-order valence-corrected chi connectivity index (χ2v) is 4.66. The van der Waals surface area contributed by atoms with Crippen LogP contribution in [-0.2, 0) is 0 Å². The van der Waals surface area contributed by atoms with E-state index in [0.717, 1.165) is 24.1 Å². The van der Waals surface area contributed by atoms with Gasteiger partial charge in [0, 0.05) is 11.9 Å². The predicted octanol–water partition coefficient (Wildman–Crippen LogP) is 2.74. The topological polar surface area (TPSA) is 45.8 Å². The Kier molecular flexibility index (Phi) is 2.32. The predicted molar refractivity (Wildman–Crippen MR) is 68.7 cm³/mol. The molecular formula is C14H14N2O. The standard InChI is InChI=1S/C14H14N2O/c1-9-4-5-10(7-9)12-8-13-11(14(17)16-12)3-2-6-15-13/h2-3,6-9H,4-5H2,1H3,(H,16,17)/t9-/m1/s1. The fraction of sp³-hybridized carbons (Fsp3) is 0.286. The monoisotopic (exact) mass is 226 g/mol. The van der Waals surface area contributed by atoms with Crippen LogP contribution in [0.4, 0.5) is 0 Å². The van der Waals surface area contributed by atoms with Gasteiger partial charge in [-0.3, -0.25) is 9.78 Å². The lowest BCUT2D eigenvalue weighted by atomic mass is 10.1. The highest BCUT2D eigenvalue weighted by Crippen LogP contribution is 2.30. The van der Waals surface area contributed by atoms with Crippen LogP contribution in [0.1, 0.15) is 25.5 Å². The molecule has 1 N–H and O–H groups in total. The lowest BCUT2D eigenvalue weighted by Crippen LogP contribution is -2.09. The smallest absolute Gasteiger partial charge is 0.257 e. The van der Waals surface area contributed by atoms with Crippen molar-refractivity contribution in [2.75, 3.05) is 0 Å². The second-order valence-electron chi connectivity index (χ2n) is 4.66. The number of nitrogens with zero attached hydrogens (tertiary/aromatic N) is 1. The SMILES string of the molecule is C[C@H]1C=C(c2cc3ncccc3c(=O)[nH]2)CC1. The number of allylic oxidation sites excluding steroid dienone is 2. The largest absolute Gasteiger partial charge is 0.322 e. The molecule has 0 bridgehead atoms. The van der Waals surface area contributed by atoms with Gasteiger partial charge in [-0.15, -0.1) is 0 Å². The summed E-state index contributed by atoms with van der Waals surface area (Å²) < 4.78 is 0. The second kappa shape index (κ2) is 3.84. The maximum atomic E-state index is 11.9. The van der Waals surface area contributed by atoms with Gasteiger partial charge in [0.1, 0.15) is 0 Å². The lowest BCUT2D eigenvalue weighted by molar-refractivity contribution is 0.703. The maximum absolute atomic E-state index is 11.9. The van der Waals surface area contributed by atoms with Crippen LogP contribution in [0.5, 0.6) is 0 Å². The third kappa shape index (κ3) is 1.78. The number of nitrogens with one attached hydrogen (secondary N) is 1. The lowest BCUT2D eigenvalue weighted by Gasteiger charge is -2.03. The summed E-state index contributed by atoms with van der Waals surface area (Å²) in [6.07, 6.45) is 6.16. The number of H-pyrrole nitrogens is 1. The average Bonchev–Trinajstić information content (AvgIpc) is 2.76. The van der Waals surface area contributed by atoms with Crippen LogP contribution in [0, 0.1) is 5.92 Å². The fourth-order valence-corrected chi connectivity index (χ4v) is 2.38. The molecule has 3 rings (SSSR count). The molecule has 0 aromatic carbocycles. The first-order chi connectivity index (χ1) is 8.24. The minimum Gasteiger partial charge on any atom is -0.322 e. The molecule has 2 heterocycles. The van der Waals surface area contributed by atoms with Gasteiger partial charge in [0.15, 0.2) is 0 Å². The zero-order chi connectivity index (χ0) is 11.8. The van der Waals surface area contributed by atoms with E-state index >= 15 is 0 Å². The summed E-state index contributed by atoms with van der Waals surface area (Å²) in [6.45, 7) is 2.20. The molecule has 0 amide bonds. The number of pyridine rings is 2. The molecule has 0 spiro atoms. The van der Waals surface area contributed by atoms with Gasteiger partial charge in [0.25, 0.3) is 5.56 Å². The van der Waals surface area contributed by atoms with Crippen molar-refractivity contribution in [2.24, 2.45) is 5.92 Å². The number of hydrogen-bond donors (Lipinski definition) is 1. The van der Waals surface area contributed by atoms with Gasteiger partial charge in [-0.25, -0.2) is 0 Å². The summed E-state index contributed by atoms with van der Waals surface area (Å²) in [6, 6.07) is 5.56. The van der Waals surface area contributed by atoms with Crippen molar-refractivity contribution >= 4 is 16.5 Å². The molecule has 2 aromatic rings. The molecule has 1 aliphatic rings. The first kappa shape index (κ1) is 10.3. The molecule has 17 heavy (non-hydrogen) atoms. The minimum atomic E-state index is -0.0500. The van der Waals surface area contributed by atoms with Gasteiger partial charge < -0.3 is 4.98 Å². The number of aromatic amines is 1. The van der Waals surface area contributed by atoms with Gasteiger partial charge in [-0.1, -0.05) is 13.0 Å². The van der Waals surface area contributed by atoms with E-state index in [4.69, 9.17) is 0 Å². The van der Waals surface area contributed by atoms with Gasteiger partial charge >= 0.3 is 0 Å². The third-order valence-corrected chi connectivity index (χ3v) is 3.31. The Balaban J connectivity index is 2.19. The fourth-order valence-electron chi connectivity index (χ4n) is 2.38. The molecule has 1 aliphatic carbocycles. The maximum Gasteiger partial charge on any atom is 0.257 e. The Morgan fingerprint density at radius 3 is 3.12 bits per heavy atom. The molecule has 3 nitrogen and oxygen atoms in total. The van der Waals surface area contributed by atoms with E-state index in [1.165, 1.54) is 5.57 Å². The number of hydrogen-bond acceptors (Lipinski definition) is 2. The van der Waals surface area contributed by atoms with E-state index in [-0.39, 0.29) is 5.56 Å². The molecule has 0 unspecified atom stereocenters. The Bertz CT molecular complexity index is 655. The Labute approximate surface area is 99.2 Å². The summed E-state index contributed by atoms with van der Waals surface area (Å²) in [7, 11) is 0. The third-order valence-electron chi connectivity index (χ3n) is 3.31. The Morgan fingerprint density at radius 2 is 2.35 bits per heavy atom. The van der Waals surface area contributed by atoms with E-state index in [9.17, 15) is 4.79 Å². The van der Waals surface area contributed by atoms with Crippen LogP contribution < -0.4 is 5.56 Å². The van der Waals surface area contributed by atoms with Gasteiger partial charge in [-0.05, 0) is 42.5 Å². The molecule has 0 saturated carbocycles. The van der Waals surface area contributed by atoms with Gasteiger partial charge in [0.2, 0.25) is 0 Å².